The lowest BCUT2D eigenvalue weighted by molar-refractivity contribution is 0.631. The Balaban J connectivity index is 1.16. The van der Waals surface area contributed by atoms with Crippen LogP contribution in [-0.2, 0) is 0 Å². The molecule has 10 aromatic carbocycles. The SMILES string of the molecule is c1ccc2oc(-c3ccc(N(c4ccc5c6ccccc6c6ccccc6c5c4)c4ccc5c6ccccc6c6ccccc6c5c4)cc3)cc2c1. The van der Waals surface area contributed by atoms with Crippen molar-refractivity contribution in [2.45, 2.75) is 0 Å². The van der Waals surface area contributed by atoms with E-state index in [-0.39, 0.29) is 0 Å². The van der Waals surface area contributed by atoms with Crippen LogP contribution in [0.4, 0.5) is 17.1 Å². The molecule has 0 fully saturated rings. The Labute approximate surface area is 300 Å². The minimum atomic E-state index is 0.868. The van der Waals surface area contributed by atoms with Crippen molar-refractivity contribution in [1.29, 1.82) is 0 Å². The van der Waals surface area contributed by atoms with Gasteiger partial charge >= 0.3 is 0 Å². The van der Waals surface area contributed by atoms with Crippen molar-refractivity contribution in [3.8, 4) is 11.3 Å². The highest BCUT2D eigenvalue weighted by atomic mass is 16.3. The van der Waals surface area contributed by atoms with Crippen LogP contribution in [0.1, 0.15) is 0 Å². The van der Waals surface area contributed by atoms with Crippen molar-refractivity contribution >= 4 is 92.7 Å². The van der Waals surface area contributed by atoms with Gasteiger partial charge in [-0.3, -0.25) is 0 Å². The summed E-state index contributed by atoms with van der Waals surface area (Å²) in [4.78, 5) is 2.40. The average Bonchev–Trinajstić information content (AvgIpc) is 3.66. The summed E-state index contributed by atoms with van der Waals surface area (Å²) in [6, 6.07) is 68.1. The Bertz CT molecular complexity index is 2930. The molecule has 0 aliphatic heterocycles. The van der Waals surface area contributed by atoms with Gasteiger partial charge in [0, 0.05) is 28.0 Å². The summed E-state index contributed by atoms with van der Waals surface area (Å²) in [5.41, 5.74) is 5.23. The predicted molar refractivity (Wildman–Crippen MR) is 221 cm³/mol. The quantitative estimate of drug-likeness (QED) is 0.175. The number of anilines is 3. The fourth-order valence-corrected chi connectivity index (χ4v) is 8.42. The van der Waals surface area contributed by atoms with Gasteiger partial charge in [-0.05, 0) is 125 Å². The van der Waals surface area contributed by atoms with Gasteiger partial charge in [-0.15, -0.1) is 0 Å². The van der Waals surface area contributed by atoms with Crippen molar-refractivity contribution in [2.75, 3.05) is 4.90 Å². The molecule has 0 saturated heterocycles. The number of rotatable bonds is 4. The molecule has 2 nitrogen and oxygen atoms in total. The lowest BCUT2D eigenvalue weighted by atomic mass is 9.93. The van der Waals surface area contributed by atoms with E-state index in [2.05, 4.69) is 175 Å². The highest BCUT2D eigenvalue weighted by molar-refractivity contribution is 6.27. The van der Waals surface area contributed by atoms with E-state index in [0.717, 1.165) is 39.4 Å². The van der Waals surface area contributed by atoms with E-state index in [4.69, 9.17) is 4.42 Å². The Morgan fingerprint density at radius 3 is 1.10 bits per heavy atom. The molecular formula is C50H31NO. The molecule has 242 valence electrons. The Hall–Kier alpha value is -6.90. The van der Waals surface area contributed by atoms with E-state index >= 15 is 0 Å². The second-order valence-electron chi connectivity index (χ2n) is 13.7. The Kier molecular flexibility index (Phi) is 6.28. The van der Waals surface area contributed by atoms with Crippen LogP contribution in [0, 0.1) is 0 Å². The third kappa shape index (κ3) is 4.38. The first-order valence-corrected chi connectivity index (χ1v) is 17.8. The van der Waals surface area contributed by atoms with Crippen molar-refractivity contribution in [1.82, 2.24) is 0 Å². The minimum absolute atomic E-state index is 0.868. The van der Waals surface area contributed by atoms with Gasteiger partial charge in [-0.2, -0.15) is 0 Å². The highest BCUT2D eigenvalue weighted by Crippen LogP contribution is 2.44. The monoisotopic (exact) mass is 661 g/mol. The summed E-state index contributed by atoms with van der Waals surface area (Å²) >= 11 is 0. The summed E-state index contributed by atoms with van der Waals surface area (Å²) < 4.78 is 6.26. The summed E-state index contributed by atoms with van der Waals surface area (Å²) in [5, 5.41) is 16.3. The molecule has 0 aliphatic rings. The number of para-hydroxylation sites is 1. The van der Waals surface area contributed by atoms with E-state index in [0.29, 0.717) is 0 Å². The molecule has 0 aliphatic carbocycles. The Morgan fingerprint density at radius 1 is 0.288 bits per heavy atom. The van der Waals surface area contributed by atoms with Gasteiger partial charge in [-0.25, -0.2) is 0 Å². The fourth-order valence-electron chi connectivity index (χ4n) is 8.42. The lowest BCUT2D eigenvalue weighted by Crippen LogP contribution is -2.10. The van der Waals surface area contributed by atoms with Gasteiger partial charge in [0.25, 0.3) is 0 Å². The van der Waals surface area contributed by atoms with Crippen LogP contribution in [0.15, 0.2) is 192 Å². The first kappa shape index (κ1) is 28.9. The molecular weight excluding hydrogens is 631 g/mol. The van der Waals surface area contributed by atoms with Gasteiger partial charge in [-0.1, -0.05) is 127 Å². The maximum absolute atomic E-state index is 6.26. The predicted octanol–water partition coefficient (Wildman–Crippen LogP) is 14.5. The fraction of sp³-hybridized carbons (Fsp3) is 0. The molecule has 52 heavy (non-hydrogen) atoms. The standard InChI is InChI=1S/C50H31NO/c1-10-20-49-33(11-1)29-50(52-49)32-21-23-34(24-22-32)51(35-25-27-45-41-16-4-2-12-37(41)39-14-6-8-18-43(39)47(45)30-35)36-26-28-46-42-17-5-3-13-38(42)40-15-7-9-19-44(40)48(46)31-36/h1-31H. The van der Waals surface area contributed by atoms with Crippen LogP contribution in [-0.4, -0.2) is 0 Å². The smallest absolute Gasteiger partial charge is 0.135 e. The molecule has 0 bridgehead atoms. The van der Waals surface area contributed by atoms with Gasteiger partial charge in [0.1, 0.15) is 11.3 Å². The molecule has 1 heterocycles. The van der Waals surface area contributed by atoms with Gasteiger partial charge in [0.15, 0.2) is 0 Å². The molecule has 2 heteroatoms. The van der Waals surface area contributed by atoms with Gasteiger partial charge in [0.2, 0.25) is 0 Å². The molecule has 0 unspecified atom stereocenters. The van der Waals surface area contributed by atoms with Gasteiger partial charge in [0.05, 0.1) is 0 Å². The van der Waals surface area contributed by atoms with E-state index < -0.39 is 0 Å². The zero-order valence-corrected chi connectivity index (χ0v) is 28.3. The van der Waals surface area contributed by atoms with Gasteiger partial charge < -0.3 is 9.32 Å². The molecule has 11 rings (SSSR count). The van der Waals surface area contributed by atoms with Crippen LogP contribution in [0.5, 0.6) is 0 Å². The molecule has 0 spiro atoms. The second-order valence-corrected chi connectivity index (χ2v) is 13.7. The van der Waals surface area contributed by atoms with Crippen molar-refractivity contribution < 1.29 is 4.42 Å². The molecule has 0 amide bonds. The summed E-state index contributed by atoms with van der Waals surface area (Å²) in [7, 11) is 0. The number of hydrogen-bond donors (Lipinski definition) is 0. The third-order valence-electron chi connectivity index (χ3n) is 10.8. The molecule has 0 atom stereocenters. The molecule has 1 aromatic heterocycles. The normalized spacial score (nSPS) is 11.8. The number of furan rings is 1. The molecule has 11 aromatic rings. The summed E-state index contributed by atoms with van der Waals surface area (Å²) in [6.45, 7) is 0. The first-order valence-electron chi connectivity index (χ1n) is 17.8. The highest BCUT2D eigenvalue weighted by Gasteiger charge is 2.18. The van der Waals surface area contributed by atoms with Crippen LogP contribution < -0.4 is 4.90 Å². The number of nitrogens with zero attached hydrogens (tertiary/aromatic N) is 1. The van der Waals surface area contributed by atoms with Crippen molar-refractivity contribution in [2.24, 2.45) is 0 Å². The Morgan fingerprint density at radius 2 is 0.654 bits per heavy atom. The van der Waals surface area contributed by atoms with Crippen LogP contribution in [0.25, 0.3) is 86.9 Å². The average molecular weight is 662 g/mol. The zero-order chi connectivity index (χ0) is 34.2. The van der Waals surface area contributed by atoms with Crippen molar-refractivity contribution in [3.05, 3.63) is 188 Å². The van der Waals surface area contributed by atoms with E-state index in [1.165, 1.54) is 64.6 Å². The molecule has 0 radical (unpaired) electrons. The summed E-state index contributed by atoms with van der Waals surface area (Å²) in [6.07, 6.45) is 0. The van der Waals surface area contributed by atoms with E-state index in [9.17, 15) is 0 Å². The summed E-state index contributed by atoms with van der Waals surface area (Å²) in [5.74, 6) is 0.868. The van der Waals surface area contributed by atoms with Crippen LogP contribution in [0.3, 0.4) is 0 Å². The van der Waals surface area contributed by atoms with E-state index in [1.54, 1.807) is 0 Å². The zero-order valence-electron chi connectivity index (χ0n) is 28.3. The van der Waals surface area contributed by atoms with E-state index in [1.807, 2.05) is 18.2 Å². The molecule has 0 saturated carbocycles. The number of hydrogen-bond acceptors (Lipinski definition) is 2. The van der Waals surface area contributed by atoms with Crippen LogP contribution in [0.2, 0.25) is 0 Å². The lowest BCUT2D eigenvalue weighted by Gasteiger charge is -2.27. The topological polar surface area (TPSA) is 16.4 Å². The molecule has 0 N–H and O–H groups in total. The first-order chi connectivity index (χ1) is 25.8. The van der Waals surface area contributed by atoms with Crippen LogP contribution >= 0.6 is 0 Å². The maximum atomic E-state index is 6.26. The largest absolute Gasteiger partial charge is 0.456 e. The second kappa shape index (κ2) is 11.3. The number of benzene rings is 10. The minimum Gasteiger partial charge on any atom is -0.456 e. The number of fused-ring (bicyclic) bond motifs is 13. The third-order valence-corrected chi connectivity index (χ3v) is 10.8. The maximum Gasteiger partial charge on any atom is 0.135 e. The van der Waals surface area contributed by atoms with Crippen molar-refractivity contribution in [3.63, 3.8) is 0 Å².